The fourth-order valence-corrected chi connectivity index (χ4v) is 2.98. The fourth-order valence-electron chi connectivity index (χ4n) is 2.59. The molecule has 2 aromatic carbocycles. The number of benzene rings is 2. The van der Waals surface area contributed by atoms with E-state index in [2.05, 4.69) is 31.7 Å². The zero-order valence-electron chi connectivity index (χ0n) is 15.4. The molecule has 8 heteroatoms. The van der Waals surface area contributed by atoms with Gasteiger partial charge >= 0.3 is 0 Å². The number of aryl methyl sites for hydroxylation is 1. The predicted molar refractivity (Wildman–Crippen MR) is 109 cm³/mol. The monoisotopic (exact) mass is 442 g/mol. The van der Waals surface area contributed by atoms with Crippen molar-refractivity contribution in [2.75, 3.05) is 12.4 Å². The van der Waals surface area contributed by atoms with Gasteiger partial charge in [-0.2, -0.15) is 5.10 Å². The lowest BCUT2D eigenvalue weighted by Crippen LogP contribution is -2.21. The number of ether oxygens (including phenoxy) is 1. The van der Waals surface area contributed by atoms with Crippen molar-refractivity contribution in [3.63, 3.8) is 0 Å². The number of nitrogens with one attached hydrogen (secondary N) is 2. The van der Waals surface area contributed by atoms with Crippen molar-refractivity contribution in [1.29, 1.82) is 0 Å². The summed E-state index contributed by atoms with van der Waals surface area (Å²) in [5, 5.41) is 9.33. The van der Waals surface area contributed by atoms with Gasteiger partial charge in [-0.3, -0.25) is 14.3 Å². The van der Waals surface area contributed by atoms with E-state index in [4.69, 9.17) is 4.74 Å². The smallest absolute Gasteiger partial charge is 0.273 e. The van der Waals surface area contributed by atoms with E-state index in [1.165, 1.54) is 11.7 Å². The third-order valence-electron chi connectivity index (χ3n) is 3.94. The maximum absolute atomic E-state index is 12.6. The maximum atomic E-state index is 12.6. The van der Waals surface area contributed by atoms with Crippen LogP contribution in [0.2, 0.25) is 0 Å². The molecule has 0 aliphatic rings. The van der Waals surface area contributed by atoms with Crippen LogP contribution in [0.1, 0.15) is 26.4 Å². The highest BCUT2D eigenvalue weighted by Crippen LogP contribution is 2.25. The molecule has 1 heterocycles. The second-order valence-electron chi connectivity index (χ2n) is 6.02. The van der Waals surface area contributed by atoms with Crippen molar-refractivity contribution in [3.05, 3.63) is 76.0 Å². The molecule has 2 amide bonds. The summed E-state index contributed by atoms with van der Waals surface area (Å²) in [6, 6.07) is 14.7. The third-order valence-corrected chi connectivity index (χ3v) is 4.59. The van der Waals surface area contributed by atoms with Crippen LogP contribution in [0, 0.1) is 0 Å². The zero-order chi connectivity index (χ0) is 20.1. The molecule has 0 saturated carbocycles. The Morgan fingerprint density at radius 3 is 2.68 bits per heavy atom. The molecular weight excluding hydrogens is 424 g/mol. The fraction of sp³-hybridized carbons (Fsp3) is 0.150. The van der Waals surface area contributed by atoms with Gasteiger partial charge in [0.05, 0.1) is 10.2 Å². The molecule has 0 spiro atoms. The van der Waals surface area contributed by atoms with Gasteiger partial charge in [-0.15, -0.1) is 0 Å². The standard InChI is InChI=1S/C20H19BrN4O3/c1-22-20(27)18-16(11-25(2)24-18)23-19(26)14-7-5-6-13(10-14)12-28-17-9-4-3-8-15(17)21/h3-11H,12H2,1-2H3,(H,22,27)(H,23,26). The van der Waals surface area contributed by atoms with Crippen LogP contribution in [0.25, 0.3) is 0 Å². The minimum Gasteiger partial charge on any atom is -0.488 e. The topological polar surface area (TPSA) is 85.3 Å². The first-order chi connectivity index (χ1) is 13.5. The van der Waals surface area contributed by atoms with Gasteiger partial charge < -0.3 is 15.4 Å². The molecule has 0 saturated heterocycles. The summed E-state index contributed by atoms with van der Waals surface area (Å²) in [7, 11) is 3.19. The number of anilines is 1. The van der Waals surface area contributed by atoms with Crippen LogP contribution >= 0.6 is 15.9 Å². The number of hydrogen-bond acceptors (Lipinski definition) is 4. The Balaban J connectivity index is 1.72. The number of nitrogens with zero attached hydrogens (tertiary/aromatic N) is 2. The van der Waals surface area contributed by atoms with E-state index < -0.39 is 0 Å². The molecule has 0 bridgehead atoms. The molecule has 3 aromatic rings. The van der Waals surface area contributed by atoms with E-state index in [1.807, 2.05) is 30.3 Å². The predicted octanol–water partition coefficient (Wildman–Crippen LogP) is 3.37. The van der Waals surface area contributed by atoms with E-state index in [0.29, 0.717) is 17.9 Å². The average Bonchev–Trinajstić information content (AvgIpc) is 3.07. The van der Waals surface area contributed by atoms with Gasteiger partial charge in [-0.25, -0.2) is 0 Å². The Labute approximate surface area is 170 Å². The molecule has 0 atom stereocenters. The van der Waals surface area contributed by atoms with Crippen molar-refractivity contribution >= 4 is 33.4 Å². The lowest BCUT2D eigenvalue weighted by molar-refractivity contribution is 0.0958. The number of carbonyl (C=O) groups excluding carboxylic acids is 2. The van der Waals surface area contributed by atoms with E-state index in [9.17, 15) is 9.59 Å². The van der Waals surface area contributed by atoms with Gasteiger partial charge in [0, 0.05) is 25.9 Å². The molecule has 1 aromatic heterocycles. The number of aromatic nitrogens is 2. The van der Waals surface area contributed by atoms with Gasteiger partial charge in [0.25, 0.3) is 11.8 Å². The van der Waals surface area contributed by atoms with Crippen LogP contribution in [0.4, 0.5) is 5.69 Å². The first-order valence-corrected chi connectivity index (χ1v) is 9.30. The normalized spacial score (nSPS) is 10.4. The first kappa shape index (κ1) is 19.6. The van der Waals surface area contributed by atoms with Gasteiger partial charge in [0.1, 0.15) is 12.4 Å². The van der Waals surface area contributed by atoms with Crippen LogP contribution in [-0.4, -0.2) is 28.6 Å². The number of hydrogen-bond donors (Lipinski definition) is 2. The van der Waals surface area contributed by atoms with Gasteiger partial charge in [0.15, 0.2) is 5.69 Å². The van der Waals surface area contributed by atoms with Crippen molar-refractivity contribution < 1.29 is 14.3 Å². The van der Waals surface area contributed by atoms with E-state index in [1.54, 1.807) is 31.4 Å². The van der Waals surface area contributed by atoms with Crippen LogP contribution in [0.15, 0.2) is 59.2 Å². The molecular formula is C20H19BrN4O3. The summed E-state index contributed by atoms with van der Waals surface area (Å²) >= 11 is 3.44. The number of para-hydroxylation sites is 1. The van der Waals surface area contributed by atoms with Crippen molar-refractivity contribution in [1.82, 2.24) is 15.1 Å². The second kappa shape index (κ2) is 8.71. The molecule has 7 nitrogen and oxygen atoms in total. The summed E-state index contributed by atoms with van der Waals surface area (Å²) in [4.78, 5) is 24.5. The number of rotatable bonds is 6. The SMILES string of the molecule is CNC(=O)c1nn(C)cc1NC(=O)c1cccc(COc2ccccc2Br)c1. The molecule has 0 fully saturated rings. The Kier molecular flexibility index (Phi) is 6.10. The van der Waals surface area contributed by atoms with E-state index >= 15 is 0 Å². The largest absolute Gasteiger partial charge is 0.488 e. The first-order valence-electron chi connectivity index (χ1n) is 8.51. The lowest BCUT2D eigenvalue weighted by Gasteiger charge is -2.09. The number of carbonyl (C=O) groups is 2. The van der Waals surface area contributed by atoms with Crippen LogP contribution in [-0.2, 0) is 13.7 Å². The van der Waals surface area contributed by atoms with Crippen molar-refractivity contribution in [3.8, 4) is 5.75 Å². The Morgan fingerprint density at radius 2 is 1.93 bits per heavy atom. The van der Waals surface area contributed by atoms with Crippen molar-refractivity contribution in [2.24, 2.45) is 7.05 Å². The highest BCUT2D eigenvalue weighted by molar-refractivity contribution is 9.10. The van der Waals surface area contributed by atoms with E-state index in [0.717, 1.165) is 15.8 Å². The molecule has 0 aliphatic carbocycles. The zero-order valence-corrected chi connectivity index (χ0v) is 17.0. The quantitative estimate of drug-likeness (QED) is 0.612. The molecule has 144 valence electrons. The maximum Gasteiger partial charge on any atom is 0.273 e. The van der Waals surface area contributed by atoms with E-state index in [-0.39, 0.29) is 17.5 Å². The second-order valence-corrected chi connectivity index (χ2v) is 6.87. The number of halogens is 1. The van der Waals surface area contributed by atoms with Crippen LogP contribution in [0.3, 0.4) is 0 Å². The number of amides is 2. The Bertz CT molecular complexity index is 1020. The average molecular weight is 443 g/mol. The molecule has 3 rings (SSSR count). The molecule has 28 heavy (non-hydrogen) atoms. The van der Waals surface area contributed by atoms with Gasteiger partial charge in [0.2, 0.25) is 0 Å². The summed E-state index contributed by atoms with van der Waals surface area (Å²) < 4.78 is 8.14. The Hall–Kier alpha value is -3.13. The highest BCUT2D eigenvalue weighted by Gasteiger charge is 2.17. The highest BCUT2D eigenvalue weighted by atomic mass is 79.9. The van der Waals surface area contributed by atoms with Crippen molar-refractivity contribution in [2.45, 2.75) is 6.61 Å². The molecule has 0 aliphatic heterocycles. The minimum atomic E-state index is -0.369. The minimum absolute atomic E-state index is 0.159. The van der Waals surface area contributed by atoms with Gasteiger partial charge in [-0.1, -0.05) is 24.3 Å². The Morgan fingerprint density at radius 1 is 1.14 bits per heavy atom. The van der Waals surface area contributed by atoms with Gasteiger partial charge in [-0.05, 0) is 45.8 Å². The summed E-state index contributed by atoms with van der Waals surface area (Å²) in [5.74, 6) is 0.0234. The summed E-state index contributed by atoms with van der Waals surface area (Å²) in [6.07, 6.45) is 1.59. The third kappa shape index (κ3) is 4.58. The lowest BCUT2D eigenvalue weighted by atomic mass is 10.1. The summed E-state index contributed by atoms with van der Waals surface area (Å²) in [6.45, 7) is 0.320. The molecule has 0 unspecified atom stereocenters. The molecule has 2 N–H and O–H groups in total. The molecule has 0 radical (unpaired) electrons. The summed E-state index contributed by atoms with van der Waals surface area (Å²) in [5.41, 5.74) is 1.81. The van der Waals surface area contributed by atoms with Crippen LogP contribution in [0.5, 0.6) is 5.75 Å². The van der Waals surface area contributed by atoms with Crippen LogP contribution < -0.4 is 15.4 Å².